The van der Waals surface area contributed by atoms with Crippen molar-refractivity contribution < 1.29 is 9.53 Å². The average molecular weight is 248 g/mol. The minimum absolute atomic E-state index is 0.0169. The average Bonchev–Trinajstić information content (AvgIpc) is 2.77. The van der Waals surface area contributed by atoms with Crippen LogP contribution in [-0.4, -0.2) is 36.1 Å². The number of methoxy groups -OCH3 is 1. The predicted molar refractivity (Wildman–Crippen MR) is 63.1 cm³/mol. The molecule has 1 atom stereocenters. The summed E-state index contributed by atoms with van der Waals surface area (Å²) >= 11 is 0. The first kappa shape index (κ1) is 12.1. The molecule has 1 aliphatic rings. The van der Waals surface area contributed by atoms with Gasteiger partial charge in [0.25, 0.3) is 0 Å². The molecule has 0 bridgehead atoms. The topological polar surface area (TPSA) is 104 Å². The van der Waals surface area contributed by atoms with E-state index in [4.69, 9.17) is 10.3 Å². The first-order valence-corrected chi connectivity index (χ1v) is 5.43. The van der Waals surface area contributed by atoms with E-state index in [2.05, 4.69) is 20.0 Å². The Labute approximate surface area is 103 Å². The van der Waals surface area contributed by atoms with E-state index in [9.17, 15) is 4.79 Å². The van der Waals surface area contributed by atoms with Gasteiger partial charge in [-0.1, -0.05) is 5.11 Å². The molecule has 2 heterocycles. The molecule has 2 rings (SSSR count). The molecule has 0 aromatic carbocycles. The fourth-order valence-electron chi connectivity index (χ4n) is 1.83. The van der Waals surface area contributed by atoms with Crippen LogP contribution in [0.25, 0.3) is 10.4 Å². The summed E-state index contributed by atoms with van der Waals surface area (Å²) in [7, 11) is 1.50. The Morgan fingerprint density at radius 2 is 2.56 bits per heavy atom. The van der Waals surface area contributed by atoms with Crippen LogP contribution in [0, 0.1) is 5.92 Å². The van der Waals surface area contributed by atoms with Crippen molar-refractivity contribution in [2.24, 2.45) is 11.0 Å². The van der Waals surface area contributed by atoms with Crippen molar-refractivity contribution in [1.29, 1.82) is 0 Å². The zero-order chi connectivity index (χ0) is 13.0. The van der Waals surface area contributed by atoms with E-state index in [1.54, 1.807) is 6.07 Å². The quantitative estimate of drug-likeness (QED) is 0.452. The van der Waals surface area contributed by atoms with Crippen molar-refractivity contribution in [2.45, 2.75) is 6.42 Å². The molecular weight excluding hydrogens is 236 g/mol. The fourth-order valence-corrected chi connectivity index (χ4v) is 1.83. The molecular formula is C10H12N6O2. The van der Waals surface area contributed by atoms with Gasteiger partial charge in [0, 0.05) is 36.7 Å². The number of carbonyl (C=O) groups excluding carboxylic acids is 1. The number of aromatic nitrogens is 2. The highest BCUT2D eigenvalue weighted by atomic mass is 16.5. The molecule has 1 amide bonds. The van der Waals surface area contributed by atoms with Crippen LogP contribution in [0.15, 0.2) is 17.4 Å². The number of amides is 1. The number of anilines is 1. The molecule has 8 nitrogen and oxygen atoms in total. The number of carbonyl (C=O) groups is 1. The molecule has 1 saturated heterocycles. The molecule has 0 radical (unpaired) electrons. The van der Waals surface area contributed by atoms with E-state index in [1.165, 1.54) is 18.2 Å². The summed E-state index contributed by atoms with van der Waals surface area (Å²) in [5.74, 6) is 0.679. The first-order valence-electron chi connectivity index (χ1n) is 5.43. The van der Waals surface area contributed by atoms with Gasteiger partial charge in [-0.15, -0.1) is 0 Å². The van der Waals surface area contributed by atoms with Gasteiger partial charge in [0.2, 0.25) is 17.7 Å². The Morgan fingerprint density at radius 3 is 3.28 bits per heavy atom. The van der Waals surface area contributed by atoms with Crippen molar-refractivity contribution in [3.8, 4) is 5.88 Å². The van der Waals surface area contributed by atoms with Gasteiger partial charge < -0.3 is 4.74 Å². The monoisotopic (exact) mass is 248 g/mol. The molecule has 8 heteroatoms. The summed E-state index contributed by atoms with van der Waals surface area (Å²) in [4.78, 5) is 24.1. The standard InChI is InChI=1S/C10H12N6O2/c1-18-8-2-3-12-10(14-8)16-6-7(4-9(16)17)5-13-15-11/h2-3,7H,4-6H2,1H3. The lowest BCUT2D eigenvalue weighted by atomic mass is 10.1. The maximum atomic E-state index is 11.8. The number of rotatable bonds is 4. The Morgan fingerprint density at radius 1 is 1.72 bits per heavy atom. The molecule has 94 valence electrons. The summed E-state index contributed by atoms with van der Waals surface area (Å²) in [5, 5.41) is 3.49. The van der Waals surface area contributed by atoms with E-state index >= 15 is 0 Å². The highest BCUT2D eigenvalue weighted by Gasteiger charge is 2.31. The van der Waals surface area contributed by atoms with Crippen molar-refractivity contribution in [2.75, 3.05) is 25.1 Å². The molecule has 0 aliphatic carbocycles. The highest BCUT2D eigenvalue weighted by Crippen LogP contribution is 2.23. The van der Waals surface area contributed by atoms with Crippen LogP contribution in [-0.2, 0) is 4.79 Å². The van der Waals surface area contributed by atoms with Crippen LogP contribution >= 0.6 is 0 Å². The van der Waals surface area contributed by atoms with E-state index in [1.807, 2.05) is 0 Å². The van der Waals surface area contributed by atoms with Crippen molar-refractivity contribution in [1.82, 2.24) is 9.97 Å². The van der Waals surface area contributed by atoms with Gasteiger partial charge >= 0.3 is 0 Å². The van der Waals surface area contributed by atoms with Gasteiger partial charge in [-0.2, -0.15) is 4.98 Å². The third-order valence-electron chi connectivity index (χ3n) is 2.68. The van der Waals surface area contributed by atoms with Crippen LogP contribution in [0.5, 0.6) is 5.88 Å². The van der Waals surface area contributed by atoms with E-state index in [0.717, 1.165) is 0 Å². The lowest BCUT2D eigenvalue weighted by Crippen LogP contribution is -2.26. The molecule has 1 aromatic rings. The Kier molecular flexibility index (Phi) is 3.59. The molecule has 0 N–H and O–H groups in total. The van der Waals surface area contributed by atoms with Crippen LogP contribution in [0.1, 0.15) is 6.42 Å². The summed E-state index contributed by atoms with van der Waals surface area (Å²) in [5.41, 5.74) is 8.26. The number of azide groups is 1. The minimum Gasteiger partial charge on any atom is -0.481 e. The third-order valence-corrected chi connectivity index (χ3v) is 2.68. The first-order chi connectivity index (χ1) is 8.74. The summed E-state index contributed by atoms with van der Waals surface area (Å²) < 4.78 is 4.99. The van der Waals surface area contributed by atoms with Gasteiger partial charge in [0.15, 0.2) is 0 Å². The zero-order valence-corrected chi connectivity index (χ0v) is 9.85. The third kappa shape index (κ3) is 2.49. The van der Waals surface area contributed by atoms with Gasteiger partial charge in [0.1, 0.15) is 0 Å². The minimum atomic E-state index is -0.0682. The number of ether oxygens (including phenoxy) is 1. The Hall–Kier alpha value is -2.34. The van der Waals surface area contributed by atoms with Crippen molar-refractivity contribution in [3.05, 3.63) is 22.7 Å². The largest absolute Gasteiger partial charge is 0.481 e. The van der Waals surface area contributed by atoms with Crippen molar-refractivity contribution in [3.63, 3.8) is 0 Å². The molecule has 1 unspecified atom stereocenters. The molecule has 1 aromatic heterocycles. The van der Waals surface area contributed by atoms with Crippen LogP contribution in [0.4, 0.5) is 5.95 Å². The molecule has 1 aliphatic heterocycles. The lowest BCUT2D eigenvalue weighted by Gasteiger charge is -2.14. The SMILES string of the molecule is COc1ccnc(N2CC(CN=[N+]=[N-])CC2=O)n1. The maximum Gasteiger partial charge on any atom is 0.235 e. The normalized spacial score (nSPS) is 18.6. The van der Waals surface area contributed by atoms with E-state index in [-0.39, 0.29) is 11.8 Å². The highest BCUT2D eigenvalue weighted by molar-refractivity contribution is 5.94. The second-order valence-electron chi connectivity index (χ2n) is 3.89. The number of hydrogen-bond donors (Lipinski definition) is 0. The summed E-state index contributed by atoms with van der Waals surface area (Å²) in [6.07, 6.45) is 1.88. The second-order valence-corrected chi connectivity index (χ2v) is 3.89. The molecule has 0 saturated carbocycles. The van der Waals surface area contributed by atoms with Crippen LogP contribution < -0.4 is 9.64 Å². The van der Waals surface area contributed by atoms with Crippen LogP contribution in [0.2, 0.25) is 0 Å². The Bertz CT molecular complexity index is 499. The van der Waals surface area contributed by atoms with Crippen LogP contribution in [0.3, 0.4) is 0 Å². The maximum absolute atomic E-state index is 11.8. The summed E-state index contributed by atoms with van der Waals surface area (Å²) in [6.45, 7) is 0.772. The van der Waals surface area contributed by atoms with Gasteiger partial charge in [0.05, 0.1) is 7.11 Å². The lowest BCUT2D eigenvalue weighted by molar-refractivity contribution is -0.117. The number of nitrogens with zero attached hydrogens (tertiary/aromatic N) is 6. The van der Waals surface area contributed by atoms with Gasteiger partial charge in [-0.3, -0.25) is 9.69 Å². The van der Waals surface area contributed by atoms with E-state index < -0.39 is 0 Å². The number of hydrogen-bond acceptors (Lipinski definition) is 5. The Balaban J connectivity index is 2.13. The smallest absolute Gasteiger partial charge is 0.235 e. The molecule has 1 fully saturated rings. The molecule has 0 spiro atoms. The molecule has 18 heavy (non-hydrogen) atoms. The fraction of sp³-hybridized carbons (Fsp3) is 0.500. The zero-order valence-electron chi connectivity index (χ0n) is 9.85. The van der Waals surface area contributed by atoms with Gasteiger partial charge in [-0.05, 0) is 11.4 Å². The van der Waals surface area contributed by atoms with Crippen molar-refractivity contribution >= 4 is 11.9 Å². The predicted octanol–water partition coefficient (Wildman–Crippen LogP) is 1.15. The second kappa shape index (κ2) is 5.33. The summed E-state index contributed by atoms with van der Waals surface area (Å²) in [6, 6.07) is 1.61. The van der Waals surface area contributed by atoms with Gasteiger partial charge in [-0.25, -0.2) is 4.98 Å². The van der Waals surface area contributed by atoms with E-state index in [0.29, 0.717) is 31.3 Å².